The molecule has 0 unspecified atom stereocenters. The first-order valence-electron chi connectivity index (χ1n) is 6.20. The zero-order valence-corrected chi connectivity index (χ0v) is 11.6. The normalized spacial score (nSPS) is 10.1. The maximum atomic E-state index is 8.67. The van der Waals surface area contributed by atoms with Gasteiger partial charge in [-0.15, -0.1) is 11.3 Å². The van der Waals surface area contributed by atoms with Gasteiger partial charge < -0.3 is 14.6 Å². The average Bonchev–Trinajstić information content (AvgIpc) is 2.82. The van der Waals surface area contributed by atoms with Gasteiger partial charge in [-0.3, -0.25) is 0 Å². The van der Waals surface area contributed by atoms with Gasteiger partial charge >= 0.3 is 0 Å². The molecule has 0 radical (unpaired) electrons. The lowest BCUT2D eigenvalue weighted by atomic mass is 10.2. The molecule has 0 saturated heterocycles. The molecular weight excluding hydrogens is 248 g/mol. The van der Waals surface area contributed by atoms with Gasteiger partial charge in [0.15, 0.2) is 0 Å². The molecule has 0 saturated carbocycles. The zero-order chi connectivity index (χ0) is 13.1. The summed E-state index contributed by atoms with van der Waals surface area (Å²) in [5.41, 5.74) is 1.00. The molecule has 100 valence electrons. The Kier molecular flexibility index (Phi) is 8.53. The van der Waals surface area contributed by atoms with E-state index in [2.05, 4.69) is 18.8 Å². The van der Waals surface area contributed by atoms with Crippen molar-refractivity contribution in [2.24, 2.45) is 0 Å². The van der Waals surface area contributed by atoms with E-state index in [1.807, 2.05) is 11.4 Å². The van der Waals surface area contributed by atoms with E-state index in [1.54, 1.807) is 11.3 Å². The molecule has 0 spiro atoms. The number of rotatable bonds is 8. The highest BCUT2D eigenvalue weighted by atomic mass is 32.1. The Bertz CT molecular complexity index is 376. The van der Waals surface area contributed by atoms with Crippen LogP contribution in [-0.4, -0.2) is 31.5 Å². The summed E-state index contributed by atoms with van der Waals surface area (Å²) >= 11 is 1.65. The summed E-state index contributed by atoms with van der Waals surface area (Å²) in [7, 11) is 0. The third kappa shape index (κ3) is 6.18. The van der Waals surface area contributed by atoms with Gasteiger partial charge in [0.25, 0.3) is 0 Å². The molecule has 0 atom stereocenters. The van der Waals surface area contributed by atoms with Crippen molar-refractivity contribution in [2.75, 3.05) is 26.4 Å². The van der Waals surface area contributed by atoms with E-state index in [1.165, 1.54) is 0 Å². The predicted octanol–water partition coefficient (Wildman–Crippen LogP) is 2.43. The molecule has 3 nitrogen and oxygen atoms in total. The van der Waals surface area contributed by atoms with Crippen LogP contribution in [0.15, 0.2) is 11.4 Å². The summed E-state index contributed by atoms with van der Waals surface area (Å²) in [5.74, 6) is 5.97. The van der Waals surface area contributed by atoms with Gasteiger partial charge in [0, 0.05) is 23.5 Å². The SMILES string of the molecule is CCCOCCOCc1sccc1C#CCCO. The van der Waals surface area contributed by atoms with Crippen molar-refractivity contribution in [1.82, 2.24) is 0 Å². The Morgan fingerprint density at radius 3 is 2.89 bits per heavy atom. The number of aliphatic hydroxyl groups excluding tert-OH is 1. The molecule has 0 aliphatic rings. The first kappa shape index (κ1) is 15.2. The first-order chi connectivity index (χ1) is 8.88. The summed E-state index contributed by atoms with van der Waals surface area (Å²) in [6, 6.07) is 1.99. The van der Waals surface area contributed by atoms with Crippen LogP contribution in [0, 0.1) is 11.8 Å². The number of hydrogen-bond donors (Lipinski definition) is 1. The molecule has 0 bridgehead atoms. The zero-order valence-electron chi connectivity index (χ0n) is 10.8. The maximum absolute atomic E-state index is 8.67. The molecule has 1 N–H and O–H groups in total. The highest BCUT2D eigenvalue weighted by molar-refractivity contribution is 7.10. The Balaban J connectivity index is 2.26. The summed E-state index contributed by atoms with van der Waals surface area (Å²) in [5, 5.41) is 10.7. The van der Waals surface area contributed by atoms with Gasteiger partial charge in [0.05, 0.1) is 26.4 Å². The molecule has 0 aliphatic carbocycles. The average molecular weight is 268 g/mol. The fourth-order valence-electron chi connectivity index (χ4n) is 1.31. The predicted molar refractivity (Wildman–Crippen MR) is 73.7 cm³/mol. The number of thiophene rings is 1. The van der Waals surface area contributed by atoms with Gasteiger partial charge in [0.1, 0.15) is 0 Å². The Morgan fingerprint density at radius 2 is 2.11 bits per heavy atom. The van der Waals surface area contributed by atoms with Crippen LogP contribution in [0.5, 0.6) is 0 Å². The first-order valence-corrected chi connectivity index (χ1v) is 7.08. The van der Waals surface area contributed by atoms with E-state index >= 15 is 0 Å². The van der Waals surface area contributed by atoms with Crippen LogP contribution < -0.4 is 0 Å². The molecule has 1 aromatic rings. The van der Waals surface area contributed by atoms with Crippen LogP contribution in [0.4, 0.5) is 0 Å². The molecule has 18 heavy (non-hydrogen) atoms. The van der Waals surface area contributed by atoms with E-state index in [4.69, 9.17) is 14.6 Å². The second-order valence-electron chi connectivity index (χ2n) is 3.70. The monoisotopic (exact) mass is 268 g/mol. The minimum atomic E-state index is 0.109. The van der Waals surface area contributed by atoms with Gasteiger partial charge in [-0.05, 0) is 17.9 Å². The minimum Gasteiger partial charge on any atom is -0.395 e. The molecule has 1 aromatic heterocycles. The van der Waals surface area contributed by atoms with Crippen LogP contribution in [0.1, 0.15) is 30.2 Å². The van der Waals surface area contributed by atoms with Crippen molar-refractivity contribution in [2.45, 2.75) is 26.4 Å². The molecule has 0 aromatic carbocycles. The van der Waals surface area contributed by atoms with E-state index in [0.29, 0.717) is 26.2 Å². The van der Waals surface area contributed by atoms with Crippen LogP contribution in [0.25, 0.3) is 0 Å². The fourth-order valence-corrected chi connectivity index (χ4v) is 2.07. The topological polar surface area (TPSA) is 38.7 Å². The second kappa shape index (κ2) is 10.1. The van der Waals surface area contributed by atoms with Crippen molar-refractivity contribution in [3.63, 3.8) is 0 Å². The summed E-state index contributed by atoms with van der Waals surface area (Å²) in [6.45, 7) is 4.82. The standard InChI is InChI=1S/C14H20O3S/c1-2-8-16-9-10-17-12-14-13(6-11-18-14)5-3-4-7-15/h6,11,15H,2,4,7-10,12H2,1H3. The number of ether oxygens (including phenoxy) is 2. The van der Waals surface area contributed by atoms with E-state index in [-0.39, 0.29) is 6.61 Å². The van der Waals surface area contributed by atoms with Crippen LogP contribution in [0.2, 0.25) is 0 Å². The van der Waals surface area contributed by atoms with E-state index in [0.717, 1.165) is 23.5 Å². The van der Waals surface area contributed by atoms with Crippen molar-refractivity contribution in [1.29, 1.82) is 0 Å². The van der Waals surface area contributed by atoms with Crippen molar-refractivity contribution in [3.8, 4) is 11.8 Å². The molecule has 0 fully saturated rings. The number of aliphatic hydroxyl groups is 1. The Labute approximate surface area is 113 Å². The molecular formula is C14H20O3S. The van der Waals surface area contributed by atoms with Gasteiger partial charge in [-0.2, -0.15) is 0 Å². The van der Waals surface area contributed by atoms with Crippen molar-refractivity contribution >= 4 is 11.3 Å². The van der Waals surface area contributed by atoms with Crippen molar-refractivity contribution < 1.29 is 14.6 Å². The van der Waals surface area contributed by atoms with Gasteiger partial charge in [-0.1, -0.05) is 18.8 Å². The lowest BCUT2D eigenvalue weighted by molar-refractivity contribution is 0.0417. The maximum Gasteiger partial charge on any atom is 0.0823 e. The van der Waals surface area contributed by atoms with Crippen LogP contribution in [0.3, 0.4) is 0 Å². The van der Waals surface area contributed by atoms with Gasteiger partial charge in [0.2, 0.25) is 0 Å². The van der Waals surface area contributed by atoms with E-state index in [9.17, 15) is 0 Å². The van der Waals surface area contributed by atoms with Crippen LogP contribution in [-0.2, 0) is 16.1 Å². The summed E-state index contributed by atoms with van der Waals surface area (Å²) in [6.07, 6.45) is 1.55. The fraction of sp³-hybridized carbons (Fsp3) is 0.571. The minimum absolute atomic E-state index is 0.109. The smallest absolute Gasteiger partial charge is 0.0823 e. The van der Waals surface area contributed by atoms with Crippen molar-refractivity contribution in [3.05, 3.63) is 21.9 Å². The second-order valence-corrected chi connectivity index (χ2v) is 4.70. The molecule has 0 amide bonds. The largest absolute Gasteiger partial charge is 0.395 e. The Morgan fingerprint density at radius 1 is 1.28 bits per heavy atom. The number of hydrogen-bond acceptors (Lipinski definition) is 4. The van der Waals surface area contributed by atoms with Gasteiger partial charge in [-0.25, -0.2) is 0 Å². The molecule has 1 rings (SSSR count). The molecule has 4 heteroatoms. The third-order valence-electron chi connectivity index (χ3n) is 2.16. The summed E-state index contributed by atoms with van der Waals surface area (Å²) in [4.78, 5) is 1.14. The molecule has 0 aliphatic heterocycles. The summed E-state index contributed by atoms with van der Waals surface area (Å²) < 4.78 is 10.9. The highest BCUT2D eigenvalue weighted by Crippen LogP contribution is 2.16. The third-order valence-corrected chi connectivity index (χ3v) is 3.05. The quantitative estimate of drug-likeness (QED) is 0.581. The molecule has 1 heterocycles. The lowest BCUT2D eigenvalue weighted by Crippen LogP contribution is -2.04. The lowest BCUT2D eigenvalue weighted by Gasteiger charge is -2.04. The highest BCUT2D eigenvalue weighted by Gasteiger charge is 2.01. The Hall–Kier alpha value is -0.860. The van der Waals surface area contributed by atoms with E-state index < -0.39 is 0 Å². The van der Waals surface area contributed by atoms with Crippen LogP contribution >= 0.6 is 11.3 Å².